The van der Waals surface area contributed by atoms with Gasteiger partial charge in [0.05, 0.1) is 15.7 Å². The van der Waals surface area contributed by atoms with Crippen LogP contribution >= 0.6 is 23.2 Å². The van der Waals surface area contributed by atoms with Crippen molar-refractivity contribution in [1.29, 1.82) is 0 Å². The molecule has 0 unspecified atom stereocenters. The maximum Gasteiger partial charge on any atom is 0.274 e. The molecule has 0 atom stereocenters. The number of anilines is 3. The second kappa shape index (κ2) is 7.46. The Labute approximate surface area is 152 Å². The van der Waals surface area contributed by atoms with Crippen molar-refractivity contribution in [3.8, 4) is 0 Å². The number of aromatic nitrogens is 2. The number of hydrogen-bond acceptors (Lipinski definition) is 4. The number of benzene rings is 2. The van der Waals surface area contributed by atoms with Crippen LogP contribution < -0.4 is 10.6 Å². The van der Waals surface area contributed by atoms with E-state index in [1.807, 2.05) is 0 Å². The predicted molar refractivity (Wildman–Crippen MR) is 96.1 cm³/mol. The average molecular weight is 377 g/mol. The number of para-hydroxylation sites is 1. The van der Waals surface area contributed by atoms with E-state index in [9.17, 15) is 9.18 Å². The van der Waals surface area contributed by atoms with Gasteiger partial charge in [-0.2, -0.15) is 0 Å². The molecule has 8 heteroatoms. The zero-order valence-electron chi connectivity index (χ0n) is 12.6. The first-order chi connectivity index (χ1) is 12.0. The van der Waals surface area contributed by atoms with E-state index in [4.69, 9.17) is 23.2 Å². The summed E-state index contributed by atoms with van der Waals surface area (Å²) in [5.74, 6) is -0.639. The summed E-state index contributed by atoms with van der Waals surface area (Å²) >= 11 is 12.1. The van der Waals surface area contributed by atoms with Crippen molar-refractivity contribution < 1.29 is 9.18 Å². The van der Waals surface area contributed by atoms with Crippen LogP contribution in [0.3, 0.4) is 0 Å². The topological polar surface area (TPSA) is 66.9 Å². The standard InChI is InChI=1S/C17H11Cl2FN4O/c18-12-2-1-3-13(19)15(12)24-16(25)14-8-9-21-17(23-14)22-11-6-4-10(20)5-7-11/h1-9H,(H,24,25)(H,21,22,23). The summed E-state index contributed by atoms with van der Waals surface area (Å²) in [5.41, 5.74) is 1.02. The minimum Gasteiger partial charge on any atom is -0.324 e. The summed E-state index contributed by atoms with van der Waals surface area (Å²) in [7, 11) is 0. The van der Waals surface area contributed by atoms with Crippen molar-refractivity contribution in [3.63, 3.8) is 0 Å². The van der Waals surface area contributed by atoms with Gasteiger partial charge >= 0.3 is 0 Å². The van der Waals surface area contributed by atoms with E-state index in [1.54, 1.807) is 18.2 Å². The highest BCUT2D eigenvalue weighted by molar-refractivity contribution is 6.40. The molecule has 25 heavy (non-hydrogen) atoms. The molecule has 0 aliphatic rings. The van der Waals surface area contributed by atoms with Gasteiger partial charge in [-0.1, -0.05) is 29.3 Å². The summed E-state index contributed by atoms with van der Waals surface area (Å²) in [5, 5.41) is 6.15. The molecule has 3 rings (SSSR count). The second-order valence-electron chi connectivity index (χ2n) is 4.95. The van der Waals surface area contributed by atoms with Crippen LogP contribution in [-0.4, -0.2) is 15.9 Å². The highest BCUT2D eigenvalue weighted by Gasteiger charge is 2.13. The lowest BCUT2D eigenvalue weighted by Crippen LogP contribution is -2.15. The fourth-order valence-electron chi connectivity index (χ4n) is 2.00. The smallest absolute Gasteiger partial charge is 0.274 e. The highest BCUT2D eigenvalue weighted by Crippen LogP contribution is 2.30. The monoisotopic (exact) mass is 376 g/mol. The van der Waals surface area contributed by atoms with Crippen LogP contribution in [0.15, 0.2) is 54.7 Å². The molecular weight excluding hydrogens is 366 g/mol. The first-order valence-corrected chi connectivity index (χ1v) is 7.89. The van der Waals surface area contributed by atoms with Crippen LogP contribution in [0.5, 0.6) is 0 Å². The Hall–Kier alpha value is -2.70. The van der Waals surface area contributed by atoms with Gasteiger partial charge in [0.2, 0.25) is 5.95 Å². The van der Waals surface area contributed by atoms with Gasteiger partial charge in [0, 0.05) is 11.9 Å². The van der Waals surface area contributed by atoms with E-state index in [1.165, 1.54) is 36.5 Å². The third kappa shape index (κ3) is 4.23. The lowest BCUT2D eigenvalue weighted by atomic mass is 10.3. The first-order valence-electron chi connectivity index (χ1n) is 7.14. The van der Waals surface area contributed by atoms with E-state index >= 15 is 0 Å². The first kappa shape index (κ1) is 17.1. The van der Waals surface area contributed by atoms with Crippen molar-refractivity contribution >= 4 is 46.4 Å². The van der Waals surface area contributed by atoms with Crippen molar-refractivity contribution in [2.45, 2.75) is 0 Å². The van der Waals surface area contributed by atoms with Crippen LogP contribution in [0.4, 0.5) is 21.7 Å². The number of nitrogens with zero attached hydrogens (tertiary/aromatic N) is 2. The second-order valence-corrected chi connectivity index (χ2v) is 5.76. The number of nitrogens with one attached hydrogen (secondary N) is 2. The SMILES string of the molecule is O=C(Nc1c(Cl)cccc1Cl)c1ccnc(Nc2ccc(F)cc2)n1. The largest absolute Gasteiger partial charge is 0.324 e. The van der Waals surface area contributed by atoms with Gasteiger partial charge in [-0.05, 0) is 42.5 Å². The predicted octanol–water partition coefficient (Wildman–Crippen LogP) is 4.92. The number of carbonyl (C=O) groups is 1. The molecule has 1 aromatic heterocycles. The Morgan fingerprint density at radius 1 is 1.00 bits per heavy atom. The number of halogens is 3. The molecule has 5 nitrogen and oxygen atoms in total. The lowest BCUT2D eigenvalue weighted by molar-refractivity contribution is 0.102. The Balaban J connectivity index is 1.78. The number of carbonyl (C=O) groups excluding carboxylic acids is 1. The molecule has 2 N–H and O–H groups in total. The van der Waals surface area contributed by atoms with Crippen molar-refractivity contribution in [3.05, 3.63) is 76.3 Å². The van der Waals surface area contributed by atoms with E-state index in [0.29, 0.717) is 21.4 Å². The van der Waals surface area contributed by atoms with E-state index in [0.717, 1.165) is 0 Å². The summed E-state index contributed by atoms with van der Waals surface area (Å²) < 4.78 is 12.9. The molecule has 0 bridgehead atoms. The minimum atomic E-state index is -0.487. The van der Waals surface area contributed by atoms with Gasteiger partial charge in [0.15, 0.2) is 0 Å². The van der Waals surface area contributed by atoms with E-state index in [2.05, 4.69) is 20.6 Å². The maximum atomic E-state index is 12.9. The van der Waals surface area contributed by atoms with Crippen LogP contribution in [-0.2, 0) is 0 Å². The highest BCUT2D eigenvalue weighted by atomic mass is 35.5. The zero-order chi connectivity index (χ0) is 17.8. The van der Waals surface area contributed by atoms with Crippen molar-refractivity contribution in [1.82, 2.24) is 9.97 Å². The molecule has 1 amide bonds. The van der Waals surface area contributed by atoms with Crippen molar-refractivity contribution in [2.75, 3.05) is 10.6 Å². The van der Waals surface area contributed by atoms with Crippen LogP contribution in [0, 0.1) is 5.82 Å². The average Bonchev–Trinajstić information content (AvgIpc) is 2.60. The maximum absolute atomic E-state index is 12.9. The molecule has 0 saturated carbocycles. The molecule has 2 aromatic carbocycles. The van der Waals surface area contributed by atoms with Crippen molar-refractivity contribution in [2.24, 2.45) is 0 Å². The molecule has 0 aliphatic carbocycles. The quantitative estimate of drug-likeness (QED) is 0.678. The molecule has 0 aliphatic heterocycles. The van der Waals surface area contributed by atoms with Crippen LogP contribution in [0.2, 0.25) is 10.0 Å². The molecular formula is C17H11Cl2FN4O. The summed E-state index contributed by atoms with van der Waals surface area (Å²) in [6.07, 6.45) is 1.43. The van der Waals surface area contributed by atoms with Gasteiger partial charge in [0.25, 0.3) is 5.91 Å². The molecule has 0 saturated heterocycles. The number of rotatable bonds is 4. The molecule has 0 radical (unpaired) electrons. The van der Waals surface area contributed by atoms with Gasteiger partial charge < -0.3 is 10.6 Å². The van der Waals surface area contributed by atoms with Gasteiger partial charge in [-0.25, -0.2) is 14.4 Å². The summed E-state index contributed by atoms with van der Waals surface area (Å²) in [6.45, 7) is 0. The molecule has 0 spiro atoms. The Kier molecular flexibility index (Phi) is 5.11. The number of amides is 1. The normalized spacial score (nSPS) is 10.4. The number of hydrogen-bond donors (Lipinski definition) is 2. The summed E-state index contributed by atoms with van der Waals surface area (Å²) in [4.78, 5) is 20.5. The summed E-state index contributed by atoms with van der Waals surface area (Å²) in [6, 6.07) is 12.0. The Morgan fingerprint density at radius 3 is 2.36 bits per heavy atom. The van der Waals surface area contributed by atoms with E-state index < -0.39 is 5.91 Å². The molecule has 1 heterocycles. The van der Waals surface area contributed by atoms with E-state index in [-0.39, 0.29) is 17.5 Å². The zero-order valence-corrected chi connectivity index (χ0v) is 14.1. The van der Waals surface area contributed by atoms with Gasteiger partial charge in [-0.3, -0.25) is 4.79 Å². The molecule has 126 valence electrons. The van der Waals surface area contributed by atoms with Crippen LogP contribution in [0.25, 0.3) is 0 Å². The molecule has 3 aromatic rings. The molecule has 0 fully saturated rings. The fraction of sp³-hybridized carbons (Fsp3) is 0. The van der Waals surface area contributed by atoms with Crippen LogP contribution in [0.1, 0.15) is 10.5 Å². The Morgan fingerprint density at radius 2 is 1.68 bits per heavy atom. The third-order valence-electron chi connectivity index (χ3n) is 3.19. The third-order valence-corrected chi connectivity index (χ3v) is 3.82. The fourth-order valence-corrected chi connectivity index (χ4v) is 2.49. The lowest BCUT2D eigenvalue weighted by Gasteiger charge is -2.09. The Bertz CT molecular complexity index is 899. The van der Waals surface area contributed by atoms with Gasteiger partial charge in [0.1, 0.15) is 11.5 Å². The van der Waals surface area contributed by atoms with Gasteiger partial charge in [-0.15, -0.1) is 0 Å². The minimum absolute atomic E-state index is 0.121.